The van der Waals surface area contributed by atoms with Gasteiger partial charge in [-0.1, -0.05) is 0 Å². The van der Waals surface area contributed by atoms with Crippen LogP contribution in [0, 0.1) is 13.8 Å². The highest BCUT2D eigenvalue weighted by molar-refractivity contribution is 5.78. The van der Waals surface area contributed by atoms with Crippen LogP contribution in [0.3, 0.4) is 0 Å². The zero-order valence-corrected chi connectivity index (χ0v) is 12.4. The summed E-state index contributed by atoms with van der Waals surface area (Å²) in [6.45, 7) is 6.63. The van der Waals surface area contributed by atoms with Gasteiger partial charge in [-0.3, -0.25) is 0 Å². The first kappa shape index (κ1) is 13.4. The number of aromatic amines is 1. The number of hydrogen-bond acceptors (Lipinski definition) is 4. The van der Waals surface area contributed by atoms with Crippen LogP contribution in [0.4, 0.5) is 5.69 Å². The first-order chi connectivity index (χ1) is 10.1. The van der Waals surface area contributed by atoms with Crippen molar-refractivity contribution < 1.29 is 4.74 Å². The summed E-state index contributed by atoms with van der Waals surface area (Å²) in [6, 6.07) is 7.67. The van der Waals surface area contributed by atoms with Crippen LogP contribution in [-0.4, -0.2) is 21.6 Å². The van der Waals surface area contributed by atoms with E-state index in [9.17, 15) is 0 Å². The molecule has 5 nitrogen and oxygen atoms in total. The lowest BCUT2D eigenvalue weighted by Gasteiger charge is -2.07. The maximum absolute atomic E-state index is 5.95. The molecule has 0 atom stereocenters. The predicted molar refractivity (Wildman–Crippen MR) is 84.4 cm³/mol. The quantitative estimate of drug-likeness (QED) is 0.723. The van der Waals surface area contributed by atoms with Gasteiger partial charge in [-0.15, -0.1) is 0 Å². The zero-order chi connectivity index (χ0) is 15.0. The Kier molecular flexibility index (Phi) is 3.25. The molecule has 0 aliphatic heterocycles. The summed E-state index contributed by atoms with van der Waals surface area (Å²) >= 11 is 0. The van der Waals surface area contributed by atoms with Crippen molar-refractivity contribution in [2.75, 3.05) is 12.3 Å². The number of H-pyrrole nitrogens is 1. The highest BCUT2D eigenvalue weighted by Crippen LogP contribution is 2.28. The van der Waals surface area contributed by atoms with Crippen LogP contribution >= 0.6 is 0 Å². The van der Waals surface area contributed by atoms with E-state index in [2.05, 4.69) is 21.9 Å². The Hall–Kier alpha value is -2.56. The molecule has 0 saturated carbocycles. The van der Waals surface area contributed by atoms with E-state index in [1.807, 2.05) is 38.1 Å². The fourth-order valence-electron chi connectivity index (χ4n) is 2.36. The second-order valence-corrected chi connectivity index (χ2v) is 5.05. The molecule has 0 radical (unpaired) electrons. The third kappa shape index (κ3) is 2.42. The molecular formula is C16H18N4O. The summed E-state index contributed by atoms with van der Waals surface area (Å²) in [5.41, 5.74) is 11.5. The first-order valence-electron chi connectivity index (χ1n) is 6.95. The number of nitrogen functional groups attached to an aromatic ring is 1. The third-order valence-electron chi connectivity index (χ3n) is 3.56. The number of fused-ring (bicyclic) bond motifs is 1. The largest absolute Gasteiger partial charge is 0.478 e. The standard InChI is InChI=1S/C16H18N4O/c1-4-21-14-6-5-13-16(19-14)20-15(18-13)12-8-11(17)7-9(2)10(12)3/h5-8H,4,17H2,1-3H3,(H,18,19,20). The van der Waals surface area contributed by atoms with Crippen LogP contribution in [0.15, 0.2) is 24.3 Å². The summed E-state index contributed by atoms with van der Waals surface area (Å²) in [6.07, 6.45) is 0. The maximum Gasteiger partial charge on any atom is 0.215 e. The molecule has 2 aromatic heterocycles. The molecule has 0 bridgehead atoms. The van der Waals surface area contributed by atoms with E-state index in [0.29, 0.717) is 18.1 Å². The predicted octanol–water partition coefficient (Wildman–Crippen LogP) is 3.22. The normalized spacial score (nSPS) is 11.0. The zero-order valence-electron chi connectivity index (χ0n) is 12.4. The molecule has 0 saturated heterocycles. The van der Waals surface area contributed by atoms with Gasteiger partial charge < -0.3 is 15.5 Å². The summed E-state index contributed by atoms with van der Waals surface area (Å²) < 4.78 is 5.41. The van der Waals surface area contributed by atoms with Gasteiger partial charge in [0.15, 0.2) is 5.65 Å². The Morgan fingerprint density at radius 2 is 2.00 bits per heavy atom. The van der Waals surface area contributed by atoms with Crippen molar-refractivity contribution in [3.63, 3.8) is 0 Å². The molecule has 0 fully saturated rings. The van der Waals surface area contributed by atoms with Gasteiger partial charge in [0, 0.05) is 17.3 Å². The molecule has 3 N–H and O–H groups in total. The lowest BCUT2D eigenvalue weighted by molar-refractivity contribution is 0.328. The third-order valence-corrected chi connectivity index (χ3v) is 3.56. The maximum atomic E-state index is 5.95. The average Bonchev–Trinajstić information content (AvgIpc) is 2.86. The number of aromatic nitrogens is 3. The van der Waals surface area contributed by atoms with Gasteiger partial charge in [0.1, 0.15) is 5.82 Å². The van der Waals surface area contributed by atoms with Crippen LogP contribution in [0.25, 0.3) is 22.6 Å². The van der Waals surface area contributed by atoms with Gasteiger partial charge in [0.05, 0.1) is 12.1 Å². The van der Waals surface area contributed by atoms with Gasteiger partial charge in [-0.05, 0) is 50.1 Å². The SMILES string of the molecule is CCOc1ccc2[nH]c(-c3cc(N)cc(C)c3C)nc2n1. The summed E-state index contributed by atoms with van der Waals surface area (Å²) in [5, 5.41) is 0. The van der Waals surface area contributed by atoms with Crippen LogP contribution in [0.1, 0.15) is 18.1 Å². The fourth-order valence-corrected chi connectivity index (χ4v) is 2.36. The summed E-state index contributed by atoms with van der Waals surface area (Å²) in [4.78, 5) is 12.2. The molecule has 0 spiro atoms. The van der Waals surface area contributed by atoms with Gasteiger partial charge >= 0.3 is 0 Å². The second-order valence-electron chi connectivity index (χ2n) is 5.05. The Morgan fingerprint density at radius 3 is 2.76 bits per heavy atom. The number of ether oxygens (including phenoxy) is 1. The van der Waals surface area contributed by atoms with Crippen LogP contribution in [0.2, 0.25) is 0 Å². The molecule has 0 aliphatic rings. The summed E-state index contributed by atoms with van der Waals surface area (Å²) in [7, 11) is 0. The van der Waals surface area contributed by atoms with Gasteiger partial charge in [-0.25, -0.2) is 4.98 Å². The molecule has 21 heavy (non-hydrogen) atoms. The molecule has 2 heterocycles. The second kappa shape index (κ2) is 5.09. The van der Waals surface area contributed by atoms with Crippen LogP contribution in [0.5, 0.6) is 5.88 Å². The molecule has 0 amide bonds. The molecule has 0 unspecified atom stereocenters. The topological polar surface area (TPSA) is 76.8 Å². The number of rotatable bonds is 3. The molecule has 3 aromatic rings. The number of nitrogens with two attached hydrogens (primary N) is 1. The number of imidazole rings is 1. The molecule has 3 rings (SSSR count). The van der Waals surface area contributed by atoms with Crippen molar-refractivity contribution in [1.82, 2.24) is 15.0 Å². The minimum absolute atomic E-state index is 0.587. The van der Waals surface area contributed by atoms with E-state index >= 15 is 0 Å². The van der Waals surface area contributed by atoms with Gasteiger partial charge in [0.25, 0.3) is 0 Å². The van der Waals surface area contributed by atoms with Crippen molar-refractivity contribution in [2.45, 2.75) is 20.8 Å². The summed E-state index contributed by atoms with van der Waals surface area (Å²) in [5.74, 6) is 1.36. The van der Waals surface area contributed by atoms with Crippen molar-refractivity contribution in [3.8, 4) is 17.3 Å². The number of pyridine rings is 1. The van der Waals surface area contributed by atoms with Crippen molar-refractivity contribution in [1.29, 1.82) is 0 Å². The highest BCUT2D eigenvalue weighted by Gasteiger charge is 2.11. The van der Waals surface area contributed by atoms with E-state index in [4.69, 9.17) is 10.5 Å². The molecule has 0 aliphatic carbocycles. The van der Waals surface area contributed by atoms with Crippen molar-refractivity contribution in [3.05, 3.63) is 35.4 Å². The van der Waals surface area contributed by atoms with E-state index in [-0.39, 0.29) is 0 Å². The monoisotopic (exact) mass is 282 g/mol. The van der Waals surface area contributed by atoms with Crippen molar-refractivity contribution >= 4 is 16.9 Å². The Balaban J connectivity index is 2.13. The molecule has 5 heteroatoms. The Labute approximate surface area is 123 Å². The first-order valence-corrected chi connectivity index (χ1v) is 6.95. The van der Waals surface area contributed by atoms with E-state index < -0.39 is 0 Å². The fraction of sp³-hybridized carbons (Fsp3) is 0.250. The lowest BCUT2D eigenvalue weighted by Crippen LogP contribution is -1.94. The number of anilines is 1. The smallest absolute Gasteiger partial charge is 0.215 e. The average molecular weight is 282 g/mol. The minimum atomic E-state index is 0.587. The number of hydrogen-bond donors (Lipinski definition) is 2. The minimum Gasteiger partial charge on any atom is -0.478 e. The Morgan fingerprint density at radius 1 is 1.19 bits per heavy atom. The number of benzene rings is 1. The van der Waals surface area contributed by atoms with Crippen molar-refractivity contribution in [2.24, 2.45) is 0 Å². The molecule has 1 aromatic carbocycles. The number of aryl methyl sites for hydroxylation is 1. The van der Waals surface area contributed by atoms with E-state index in [0.717, 1.165) is 33.7 Å². The number of nitrogens with zero attached hydrogens (tertiary/aromatic N) is 2. The number of nitrogens with one attached hydrogen (secondary N) is 1. The molecule has 108 valence electrons. The highest BCUT2D eigenvalue weighted by atomic mass is 16.5. The van der Waals surface area contributed by atoms with Gasteiger partial charge in [0.2, 0.25) is 5.88 Å². The van der Waals surface area contributed by atoms with Gasteiger partial charge in [-0.2, -0.15) is 4.98 Å². The Bertz CT molecular complexity index is 807. The van der Waals surface area contributed by atoms with Crippen LogP contribution < -0.4 is 10.5 Å². The molecular weight excluding hydrogens is 264 g/mol. The van der Waals surface area contributed by atoms with E-state index in [1.165, 1.54) is 0 Å². The van der Waals surface area contributed by atoms with Crippen LogP contribution in [-0.2, 0) is 0 Å². The lowest BCUT2D eigenvalue weighted by atomic mass is 10.0. The van der Waals surface area contributed by atoms with E-state index in [1.54, 1.807) is 0 Å².